The van der Waals surface area contributed by atoms with Crippen molar-refractivity contribution in [3.63, 3.8) is 0 Å². The summed E-state index contributed by atoms with van der Waals surface area (Å²) in [4.78, 5) is 35.0. The number of benzene rings is 1. The number of nitro groups is 1. The zero-order valence-corrected chi connectivity index (χ0v) is 18.5. The third kappa shape index (κ3) is 6.45. The second-order valence-electron chi connectivity index (χ2n) is 7.63. The normalized spacial score (nSPS) is 16.2. The quantitative estimate of drug-likeness (QED) is 0.357. The minimum atomic E-state index is -1.28. The molecule has 0 radical (unpaired) electrons. The summed E-state index contributed by atoms with van der Waals surface area (Å²) >= 11 is 0. The highest BCUT2D eigenvalue weighted by atomic mass is 16.7. The van der Waals surface area contributed by atoms with E-state index in [1.165, 1.54) is 32.0 Å². The van der Waals surface area contributed by atoms with Gasteiger partial charge < -0.3 is 29.4 Å². The lowest BCUT2D eigenvalue weighted by atomic mass is 9.90. The van der Waals surface area contributed by atoms with E-state index in [-0.39, 0.29) is 30.4 Å². The van der Waals surface area contributed by atoms with Crippen LogP contribution in [0.1, 0.15) is 46.1 Å². The van der Waals surface area contributed by atoms with Crippen molar-refractivity contribution in [2.45, 2.75) is 46.1 Å². The first-order valence-electron chi connectivity index (χ1n) is 9.77. The lowest BCUT2D eigenvalue weighted by Gasteiger charge is -2.30. The van der Waals surface area contributed by atoms with Gasteiger partial charge in [-0.05, 0) is 40.2 Å². The van der Waals surface area contributed by atoms with Crippen LogP contribution in [0.15, 0.2) is 47.2 Å². The zero-order chi connectivity index (χ0) is 24.1. The van der Waals surface area contributed by atoms with E-state index < -0.39 is 28.8 Å². The van der Waals surface area contributed by atoms with Gasteiger partial charge in [0.15, 0.2) is 0 Å². The van der Waals surface area contributed by atoms with Crippen molar-refractivity contribution >= 4 is 18.0 Å². The number of ether oxygens (including phenoxy) is 4. The highest BCUT2D eigenvalue weighted by Gasteiger charge is 2.36. The van der Waals surface area contributed by atoms with E-state index in [9.17, 15) is 24.8 Å². The van der Waals surface area contributed by atoms with E-state index in [0.29, 0.717) is 17.0 Å². The molecule has 32 heavy (non-hydrogen) atoms. The number of nitro benzene ring substituents is 1. The molecule has 0 amide bonds. The van der Waals surface area contributed by atoms with Gasteiger partial charge in [-0.2, -0.15) is 0 Å². The molecule has 0 aliphatic carbocycles. The Hall–Kier alpha value is -3.60. The fraction of sp³-hybridized carbons (Fsp3) is 0.429. The number of hydrogen-bond donors (Lipinski definition) is 2. The molecule has 11 heteroatoms. The summed E-state index contributed by atoms with van der Waals surface area (Å²) in [6, 6.07) is 5.63. The Morgan fingerprint density at radius 3 is 2.19 bits per heavy atom. The molecular weight excluding hydrogens is 424 g/mol. The van der Waals surface area contributed by atoms with E-state index in [2.05, 4.69) is 5.32 Å². The highest BCUT2D eigenvalue weighted by molar-refractivity contribution is 5.65. The van der Waals surface area contributed by atoms with Crippen LogP contribution < -0.4 is 5.32 Å². The molecule has 1 atom stereocenters. The largest absolute Gasteiger partial charge is 0.513 e. The number of dihydropyridines is 1. The number of aliphatic hydroxyl groups is 1. The number of nitrogens with zero attached hydrogens (tertiary/aromatic N) is 1. The maximum atomic E-state index is 12.3. The first-order chi connectivity index (χ1) is 14.9. The fourth-order valence-corrected chi connectivity index (χ4v) is 2.94. The van der Waals surface area contributed by atoms with Crippen molar-refractivity contribution < 1.29 is 38.6 Å². The van der Waals surface area contributed by atoms with E-state index in [4.69, 9.17) is 18.9 Å². The molecule has 2 rings (SSSR count). The van der Waals surface area contributed by atoms with Gasteiger partial charge in [0, 0.05) is 12.1 Å². The third-order valence-corrected chi connectivity index (χ3v) is 4.24. The summed E-state index contributed by atoms with van der Waals surface area (Å²) in [6.45, 7) is 7.51. The van der Waals surface area contributed by atoms with Crippen molar-refractivity contribution in [3.05, 3.63) is 62.9 Å². The van der Waals surface area contributed by atoms with Gasteiger partial charge in [0.25, 0.3) is 5.69 Å². The molecule has 1 aliphatic rings. The highest BCUT2D eigenvalue weighted by Crippen LogP contribution is 2.40. The number of hydrogen-bond acceptors (Lipinski definition) is 10. The molecule has 2 N–H and O–H groups in total. The van der Waals surface area contributed by atoms with Gasteiger partial charge in [-0.25, -0.2) is 9.59 Å². The van der Waals surface area contributed by atoms with Crippen molar-refractivity contribution in [1.82, 2.24) is 5.32 Å². The minimum absolute atomic E-state index is 0.0103. The Labute approximate surface area is 184 Å². The molecule has 1 aliphatic heterocycles. The van der Waals surface area contributed by atoms with E-state index >= 15 is 0 Å². The number of nitrogens with one attached hydrogen (secondary N) is 1. The second kappa shape index (κ2) is 10.1. The molecule has 0 spiro atoms. The maximum Gasteiger partial charge on any atom is 0.513 e. The summed E-state index contributed by atoms with van der Waals surface area (Å²) in [5.74, 6) is -0.939. The predicted octanol–water partition coefficient (Wildman–Crippen LogP) is 3.84. The molecule has 1 unspecified atom stereocenters. The number of carbonyl (C=O) groups excluding carboxylic acids is 2. The first-order valence-corrected chi connectivity index (χ1v) is 9.77. The molecule has 0 bridgehead atoms. The van der Waals surface area contributed by atoms with E-state index in [1.54, 1.807) is 26.8 Å². The van der Waals surface area contributed by atoms with Crippen LogP contribution in [0.4, 0.5) is 15.3 Å². The summed E-state index contributed by atoms with van der Waals surface area (Å²) in [7, 11) is 0. The van der Waals surface area contributed by atoms with Gasteiger partial charge in [0.2, 0.25) is 0 Å². The Morgan fingerprint density at radius 1 is 1.12 bits per heavy atom. The SMILES string of the molecule is CCOC(=O)OC1=C(C)NC(C)=C(OC(=O)OCC(C)(C)O)C1c1cccc([N+](=O)[O-])c1. The minimum Gasteiger partial charge on any atom is -0.434 e. The summed E-state index contributed by atoms with van der Waals surface area (Å²) in [5, 5.41) is 24.0. The van der Waals surface area contributed by atoms with Crippen LogP contribution in [-0.2, 0) is 18.9 Å². The lowest BCUT2D eigenvalue weighted by Crippen LogP contribution is -2.31. The molecule has 174 valence electrons. The summed E-state index contributed by atoms with van der Waals surface area (Å²) < 4.78 is 20.6. The zero-order valence-electron chi connectivity index (χ0n) is 18.5. The second-order valence-corrected chi connectivity index (χ2v) is 7.63. The number of non-ortho nitro benzene ring substituents is 1. The molecule has 1 heterocycles. The van der Waals surface area contributed by atoms with Crippen molar-refractivity contribution in [3.8, 4) is 0 Å². The number of carbonyl (C=O) groups is 2. The first kappa shape index (κ1) is 24.7. The molecular formula is C21H26N2O9. The summed E-state index contributed by atoms with van der Waals surface area (Å²) in [6.07, 6.45) is -2.09. The van der Waals surface area contributed by atoms with E-state index in [0.717, 1.165) is 0 Å². The standard InChI is InChI=1S/C21H26N2O9/c1-6-29-19(24)31-17-12(2)22-13(3)18(32-20(25)30-11-21(4,5)26)16(17)14-8-7-9-15(10-14)23(27)28/h7-10,16,22,26H,6,11H2,1-5H3. The fourth-order valence-electron chi connectivity index (χ4n) is 2.94. The maximum absolute atomic E-state index is 12.3. The van der Waals surface area contributed by atoms with Crippen molar-refractivity contribution in [2.75, 3.05) is 13.2 Å². The Kier molecular flexibility index (Phi) is 7.82. The van der Waals surface area contributed by atoms with Gasteiger partial charge in [0.05, 0.1) is 28.5 Å². The van der Waals surface area contributed by atoms with Gasteiger partial charge >= 0.3 is 12.3 Å². The van der Waals surface area contributed by atoms with Gasteiger partial charge in [-0.3, -0.25) is 10.1 Å². The molecule has 1 aromatic carbocycles. The van der Waals surface area contributed by atoms with Crippen molar-refractivity contribution in [2.24, 2.45) is 0 Å². The average Bonchev–Trinajstić information content (AvgIpc) is 2.70. The molecule has 11 nitrogen and oxygen atoms in total. The number of rotatable bonds is 7. The predicted molar refractivity (Wildman–Crippen MR) is 111 cm³/mol. The summed E-state index contributed by atoms with van der Waals surface area (Å²) in [5.41, 5.74) is -0.319. The molecule has 0 saturated carbocycles. The third-order valence-electron chi connectivity index (χ3n) is 4.24. The van der Waals surface area contributed by atoms with Crippen LogP contribution in [0.2, 0.25) is 0 Å². The van der Waals surface area contributed by atoms with Gasteiger partial charge in [-0.15, -0.1) is 0 Å². The van der Waals surface area contributed by atoms with Gasteiger partial charge in [-0.1, -0.05) is 12.1 Å². The average molecular weight is 450 g/mol. The topological polar surface area (TPSA) is 146 Å². The van der Waals surface area contributed by atoms with Gasteiger partial charge in [0.1, 0.15) is 24.0 Å². The molecule has 0 saturated heterocycles. The van der Waals surface area contributed by atoms with Crippen LogP contribution in [0.5, 0.6) is 0 Å². The monoisotopic (exact) mass is 450 g/mol. The number of allylic oxidation sites excluding steroid dienone is 2. The lowest BCUT2D eigenvalue weighted by molar-refractivity contribution is -0.384. The smallest absolute Gasteiger partial charge is 0.434 e. The molecule has 0 aromatic heterocycles. The van der Waals surface area contributed by atoms with Crippen molar-refractivity contribution in [1.29, 1.82) is 0 Å². The Bertz CT molecular complexity index is 960. The molecule has 0 fully saturated rings. The van der Waals surface area contributed by atoms with E-state index in [1.807, 2.05) is 0 Å². The van der Waals surface area contributed by atoms with Crippen LogP contribution >= 0.6 is 0 Å². The Morgan fingerprint density at radius 2 is 1.69 bits per heavy atom. The molecule has 1 aromatic rings. The van der Waals surface area contributed by atoms with Crippen LogP contribution in [0, 0.1) is 10.1 Å². The van der Waals surface area contributed by atoms with Crippen LogP contribution in [0.25, 0.3) is 0 Å². The Balaban J connectivity index is 2.48. The van der Waals surface area contributed by atoms with Crippen LogP contribution in [0.3, 0.4) is 0 Å². The van der Waals surface area contributed by atoms with Crippen LogP contribution in [-0.4, -0.2) is 41.2 Å².